The molecule has 0 aliphatic carbocycles. The van der Waals surface area contributed by atoms with Crippen LogP contribution in [-0.4, -0.2) is 32.8 Å². The summed E-state index contributed by atoms with van der Waals surface area (Å²) < 4.78 is 5.27. The molecule has 0 bridgehead atoms. The first-order chi connectivity index (χ1) is 6.16. The normalized spacial score (nSPS) is 20.8. The van der Waals surface area contributed by atoms with Crippen LogP contribution < -0.4 is 10.6 Å². The molecule has 0 aromatic carbocycles. The lowest BCUT2D eigenvalue weighted by molar-refractivity contribution is 0.0253. The second-order valence-corrected chi connectivity index (χ2v) is 3.86. The van der Waals surface area contributed by atoms with Crippen molar-refractivity contribution in [3.63, 3.8) is 0 Å². The molecule has 0 saturated carbocycles. The SMILES string of the molecule is CNC(=O)NCC1(C)CCOCC1. The molecular formula is C9H18N2O2. The summed E-state index contributed by atoms with van der Waals surface area (Å²) in [5.41, 5.74) is 0.213. The Morgan fingerprint density at radius 1 is 1.46 bits per heavy atom. The molecule has 0 aromatic rings. The molecule has 1 fully saturated rings. The number of nitrogens with one attached hydrogen (secondary N) is 2. The lowest BCUT2D eigenvalue weighted by Crippen LogP contribution is -2.42. The van der Waals surface area contributed by atoms with Gasteiger partial charge in [-0.15, -0.1) is 0 Å². The van der Waals surface area contributed by atoms with Crippen molar-refractivity contribution in [3.8, 4) is 0 Å². The number of carbonyl (C=O) groups is 1. The van der Waals surface area contributed by atoms with E-state index in [9.17, 15) is 4.79 Å². The number of hydrogen-bond donors (Lipinski definition) is 2. The third-order valence-electron chi connectivity index (χ3n) is 2.60. The van der Waals surface area contributed by atoms with Crippen molar-refractivity contribution < 1.29 is 9.53 Å². The third-order valence-corrected chi connectivity index (χ3v) is 2.60. The second kappa shape index (κ2) is 4.46. The Morgan fingerprint density at radius 3 is 2.62 bits per heavy atom. The number of amides is 2. The van der Waals surface area contributed by atoms with Gasteiger partial charge in [0.05, 0.1) is 0 Å². The predicted octanol–water partition coefficient (Wildman–Crippen LogP) is 0.732. The van der Waals surface area contributed by atoms with Gasteiger partial charge in [-0.2, -0.15) is 0 Å². The van der Waals surface area contributed by atoms with Crippen molar-refractivity contribution in [1.29, 1.82) is 0 Å². The molecule has 1 heterocycles. The van der Waals surface area contributed by atoms with Gasteiger partial charge < -0.3 is 15.4 Å². The number of carbonyl (C=O) groups excluding carboxylic acids is 1. The lowest BCUT2D eigenvalue weighted by atomic mass is 9.82. The van der Waals surface area contributed by atoms with E-state index in [4.69, 9.17) is 4.74 Å². The highest BCUT2D eigenvalue weighted by molar-refractivity contribution is 5.73. The Morgan fingerprint density at radius 2 is 2.08 bits per heavy atom. The first-order valence-corrected chi connectivity index (χ1v) is 4.70. The molecule has 4 nitrogen and oxygen atoms in total. The van der Waals surface area contributed by atoms with Crippen molar-refractivity contribution in [2.45, 2.75) is 19.8 Å². The molecule has 76 valence electrons. The number of hydrogen-bond acceptors (Lipinski definition) is 2. The highest BCUT2D eigenvalue weighted by Gasteiger charge is 2.27. The molecule has 4 heteroatoms. The van der Waals surface area contributed by atoms with E-state index in [2.05, 4.69) is 17.6 Å². The first-order valence-electron chi connectivity index (χ1n) is 4.70. The summed E-state index contributed by atoms with van der Waals surface area (Å²) in [6.07, 6.45) is 2.05. The molecule has 2 N–H and O–H groups in total. The van der Waals surface area contributed by atoms with Crippen LogP contribution in [0.25, 0.3) is 0 Å². The molecule has 0 atom stereocenters. The van der Waals surface area contributed by atoms with E-state index >= 15 is 0 Å². The zero-order valence-corrected chi connectivity index (χ0v) is 8.35. The van der Waals surface area contributed by atoms with E-state index in [0.29, 0.717) is 0 Å². The second-order valence-electron chi connectivity index (χ2n) is 3.86. The van der Waals surface area contributed by atoms with Crippen LogP contribution in [0.1, 0.15) is 19.8 Å². The summed E-state index contributed by atoms with van der Waals surface area (Å²) >= 11 is 0. The van der Waals surface area contributed by atoms with Crippen LogP contribution in [0.15, 0.2) is 0 Å². The van der Waals surface area contributed by atoms with Gasteiger partial charge in [0.15, 0.2) is 0 Å². The van der Waals surface area contributed by atoms with Crippen molar-refractivity contribution in [2.24, 2.45) is 5.41 Å². The van der Waals surface area contributed by atoms with Gasteiger partial charge in [-0.25, -0.2) is 4.79 Å². The molecule has 0 aromatic heterocycles. The molecule has 1 aliphatic rings. The first kappa shape index (κ1) is 10.3. The minimum atomic E-state index is -0.104. The molecule has 1 aliphatic heterocycles. The predicted molar refractivity (Wildman–Crippen MR) is 50.6 cm³/mol. The minimum absolute atomic E-state index is 0.104. The van der Waals surface area contributed by atoms with Crippen LogP contribution in [0, 0.1) is 5.41 Å². The van der Waals surface area contributed by atoms with Gasteiger partial charge in [-0.3, -0.25) is 0 Å². The molecule has 0 unspecified atom stereocenters. The van der Waals surface area contributed by atoms with Gasteiger partial charge in [-0.1, -0.05) is 6.92 Å². The van der Waals surface area contributed by atoms with Crippen molar-refractivity contribution in [1.82, 2.24) is 10.6 Å². The van der Waals surface area contributed by atoms with E-state index < -0.39 is 0 Å². The van der Waals surface area contributed by atoms with Crippen molar-refractivity contribution in [2.75, 3.05) is 26.8 Å². The van der Waals surface area contributed by atoms with Crippen LogP contribution in [0.4, 0.5) is 4.79 Å². The van der Waals surface area contributed by atoms with E-state index in [1.807, 2.05) is 0 Å². The third kappa shape index (κ3) is 3.22. The molecule has 1 saturated heterocycles. The van der Waals surface area contributed by atoms with E-state index in [1.165, 1.54) is 0 Å². The van der Waals surface area contributed by atoms with Crippen molar-refractivity contribution >= 4 is 6.03 Å². The monoisotopic (exact) mass is 186 g/mol. The van der Waals surface area contributed by atoms with Gasteiger partial charge in [0, 0.05) is 26.8 Å². The zero-order valence-electron chi connectivity index (χ0n) is 8.35. The number of ether oxygens (including phenoxy) is 1. The van der Waals surface area contributed by atoms with E-state index in [0.717, 1.165) is 32.6 Å². The molecule has 0 radical (unpaired) electrons. The fourth-order valence-corrected chi connectivity index (χ4v) is 1.42. The highest BCUT2D eigenvalue weighted by atomic mass is 16.5. The maximum atomic E-state index is 10.9. The number of urea groups is 1. The van der Waals surface area contributed by atoms with Gasteiger partial charge in [0.2, 0.25) is 0 Å². The summed E-state index contributed by atoms with van der Waals surface area (Å²) in [4.78, 5) is 10.9. The van der Waals surface area contributed by atoms with Gasteiger partial charge in [0.1, 0.15) is 0 Å². The maximum absolute atomic E-state index is 10.9. The lowest BCUT2D eigenvalue weighted by Gasteiger charge is -2.33. The summed E-state index contributed by atoms with van der Waals surface area (Å²) in [6, 6.07) is -0.104. The average molecular weight is 186 g/mol. The molecule has 2 amide bonds. The molecule has 1 rings (SSSR count). The Hall–Kier alpha value is -0.770. The summed E-state index contributed by atoms with van der Waals surface area (Å²) in [5.74, 6) is 0. The fourth-order valence-electron chi connectivity index (χ4n) is 1.42. The Kier molecular flexibility index (Phi) is 3.54. The maximum Gasteiger partial charge on any atom is 0.314 e. The van der Waals surface area contributed by atoms with Gasteiger partial charge in [0.25, 0.3) is 0 Å². The van der Waals surface area contributed by atoms with Crippen LogP contribution >= 0.6 is 0 Å². The summed E-state index contributed by atoms with van der Waals surface area (Å²) in [5, 5.41) is 5.38. The molecule has 13 heavy (non-hydrogen) atoms. The van der Waals surface area contributed by atoms with Crippen LogP contribution in [0.3, 0.4) is 0 Å². The smallest absolute Gasteiger partial charge is 0.314 e. The fraction of sp³-hybridized carbons (Fsp3) is 0.889. The van der Waals surface area contributed by atoms with Gasteiger partial charge >= 0.3 is 6.03 Å². The standard InChI is InChI=1S/C9H18N2O2/c1-9(3-5-13-6-4-9)7-11-8(12)10-2/h3-7H2,1-2H3,(H2,10,11,12). The summed E-state index contributed by atoms with van der Waals surface area (Å²) in [7, 11) is 1.63. The zero-order chi connectivity index (χ0) is 9.73. The topological polar surface area (TPSA) is 50.4 Å². The quantitative estimate of drug-likeness (QED) is 0.668. The van der Waals surface area contributed by atoms with Crippen molar-refractivity contribution in [3.05, 3.63) is 0 Å². The number of rotatable bonds is 2. The molecular weight excluding hydrogens is 168 g/mol. The van der Waals surface area contributed by atoms with Crippen LogP contribution in [0.5, 0.6) is 0 Å². The highest BCUT2D eigenvalue weighted by Crippen LogP contribution is 2.28. The van der Waals surface area contributed by atoms with E-state index in [1.54, 1.807) is 7.05 Å². The largest absolute Gasteiger partial charge is 0.381 e. The average Bonchev–Trinajstić information content (AvgIpc) is 2.15. The Bertz CT molecular complexity index is 176. The summed E-state index contributed by atoms with van der Waals surface area (Å²) in [6.45, 7) is 4.54. The Labute approximate surface area is 79.0 Å². The minimum Gasteiger partial charge on any atom is -0.381 e. The van der Waals surface area contributed by atoms with Crippen LogP contribution in [0.2, 0.25) is 0 Å². The molecule has 0 spiro atoms. The van der Waals surface area contributed by atoms with Gasteiger partial charge in [-0.05, 0) is 18.3 Å². The van der Waals surface area contributed by atoms with E-state index in [-0.39, 0.29) is 11.4 Å². The Balaban J connectivity index is 2.28. The van der Waals surface area contributed by atoms with Crippen LogP contribution in [-0.2, 0) is 4.74 Å².